The molecular formula is C16H32O5Si. The second-order valence-electron chi connectivity index (χ2n) is 5.06. The van der Waals surface area contributed by atoms with Crippen LogP contribution in [0.2, 0.25) is 6.04 Å². The monoisotopic (exact) mass is 332 g/mol. The zero-order valence-electron chi connectivity index (χ0n) is 14.6. The standard InChI is InChI=1S/C16H32O5Si/c1-6-19-22(20-7-2,21-8-3)14-12-10-9-11-13-18-16(17)15(4)5/h4,6-14H2,1-3,5H3. The Morgan fingerprint density at radius 2 is 1.41 bits per heavy atom. The lowest BCUT2D eigenvalue weighted by atomic mass is 10.2. The van der Waals surface area contributed by atoms with Crippen molar-refractivity contribution in [3.8, 4) is 0 Å². The Hall–Kier alpha value is -0.693. The van der Waals surface area contributed by atoms with Crippen LogP contribution in [0.4, 0.5) is 0 Å². The molecule has 0 radical (unpaired) electrons. The summed E-state index contributed by atoms with van der Waals surface area (Å²) in [5.74, 6) is -0.310. The maximum absolute atomic E-state index is 11.2. The van der Waals surface area contributed by atoms with Crippen molar-refractivity contribution in [2.75, 3.05) is 26.4 Å². The first-order valence-electron chi connectivity index (χ1n) is 8.25. The molecular weight excluding hydrogens is 300 g/mol. The van der Waals surface area contributed by atoms with Crippen LogP contribution in [-0.2, 0) is 22.8 Å². The lowest BCUT2D eigenvalue weighted by molar-refractivity contribution is -0.139. The van der Waals surface area contributed by atoms with Gasteiger partial charge < -0.3 is 18.0 Å². The maximum atomic E-state index is 11.2. The molecule has 6 heteroatoms. The molecule has 0 bridgehead atoms. The summed E-state index contributed by atoms with van der Waals surface area (Å²) in [4.78, 5) is 11.2. The van der Waals surface area contributed by atoms with Crippen LogP contribution in [0.5, 0.6) is 0 Å². The average molecular weight is 333 g/mol. The molecule has 0 amide bonds. The highest BCUT2D eigenvalue weighted by molar-refractivity contribution is 6.60. The van der Waals surface area contributed by atoms with Crippen molar-refractivity contribution in [2.24, 2.45) is 0 Å². The van der Waals surface area contributed by atoms with Gasteiger partial charge in [-0.05, 0) is 40.5 Å². The second kappa shape index (κ2) is 12.8. The predicted octanol–water partition coefficient (Wildman–Crippen LogP) is 3.71. The molecule has 0 aliphatic carbocycles. The Balaban J connectivity index is 3.92. The number of ether oxygens (including phenoxy) is 1. The molecule has 0 saturated carbocycles. The highest BCUT2D eigenvalue weighted by Gasteiger charge is 2.39. The van der Waals surface area contributed by atoms with Crippen LogP contribution in [-0.4, -0.2) is 41.2 Å². The molecule has 0 spiro atoms. The van der Waals surface area contributed by atoms with Gasteiger partial charge >= 0.3 is 14.8 Å². The third-order valence-electron chi connectivity index (χ3n) is 3.05. The van der Waals surface area contributed by atoms with Gasteiger partial charge in [-0.2, -0.15) is 0 Å². The van der Waals surface area contributed by atoms with Gasteiger partial charge in [0.2, 0.25) is 0 Å². The minimum Gasteiger partial charge on any atom is -0.462 e. The second-order valence-corrected chi connectivity index (χ2v) is 7.79. The summed E-state index contributed by atoms with van der Waals surface area (Å²) in [5, 5.41) is 0. The first kappa shape index (κ1) is 21.3. The summed E-state index contributed by atoms with van der Waals surface area (Å²) < 4.78 is 22.5. The van der Waals surface area contributed by atoms with Crippen LogP contribution in [0, 0.1) is 0 Å². The van der Waals surface area contributed by atoms with Crippen LogP contribution in [0.3, 0.4) is 0 Å². The first-order valence-corrected chi connectivity index (χ1v) is 10.2. The number of carbonyl (C=O) groups excluding carboxylic acids is 1. The third-order valence-corrected chi connectivity index (χ3v) is 6.20. The van der Waals surface area contributed by atoms with Gasteiger partial charge in [-0.15, -0.1) is 0 Å². The van der Waals surface area contributed by atoms with Gasteiger partial charge in [-0.1, -0.05) is 19.4 Å². The van der Waals surface area contributed by atoms with E-state index in [0.717, 1.165) is 31.7 Å². The lowest BCUT2D eigenvalue weighted by Crippen LogP contribution is -2.45. The van der Waals surface area contributed by atoms with E-state index in [1.807, 2.05) is 20.8 Å². The van der Waals surface area contributed by atoms with Crippen molar-refractivity contribution in [3.05, 3.63) is 12.2 Å². The molecule has 0 atom stereocenters. The van der Waals surface area contributed by atoms with E-state index in [2.05, 4.69) is 6.58 Å². The van der Waals surface area contributed by atoms with Crippen LogP contribution in [0.1, 0.15) is 53.4 Å². The topological polar surface area (TPSA) is 54.0 Å². The molecule has 0 N–H and O–H groups in total. The fraction of sp³-hybridized carbons (Fsp3) is 0.812. The average Bonchev–Trinajstić information content (AvgIpc) is 2.46. The van der Waals surface area contributed by atoms with E-state index in [-0.39, 0.29) is 5.97 Å². The van der Waals surface area contributed by atoms with E-state index in [1.54, 1.807) is 6.92 Å². The highest BCUT2D eigenvalue weighted by Crippen LogP contribution is 2.20. The number of unbranched alkanes of at least 4 members (excludes halogenated alkanes) is 3. The molecule has 0 aliphatic rings. The molecule has 0 aromatic heterocycles. The number of rotatable bonds is 14. The van der Waals surface area contributed by atoms with Crippen molar-refractivity contribution in [1.82, 2.24) is 0 Å². The van der Waals surface area contributed by atoms with Crippen molar-refractivity contribution in [1.29, 1.82) is 0 Å². The van der Waals surface area contributed by atoms with Gasteiger partial charge in [-0.25, -0.2) is 4.79 Å². The molecule has 0 aromatic carbocycles. The summed E-state index contributed by atoms with van der Waals surface area (Å²) in [5.41, 5.74) is 0.445. The quantitative estimate of drug-likeness (QED) is 0.210. The Bertz CT molecular complexity index is 303. The summed E-state index contributed by atoms with van der Waals surface area (Å²) in [6.07, 6.45) is 3.93. The zero-order chi connectivity index (χ0) is 16.8. The Morgan fingerprint density at radius 1 is 0.909 bits per heavy atom. The number of hydrogen-bond acceptors (Lipinski definition) is 5. The SMILES string of the molecule is C=C(C)C(=O)OCCCCCC[Si](OCC)(OCC)OCC. The molecule has 0 heterocycles. The van der Waals surface area contributed by atoms with Gasteiger partial charge in [0.05, 0.1) is 6.61 Å². The molecule has 0 aromatic rings. The minimum atomic E-state index is -2.49. The Labute approximate surface area is 136 Å². The zero-order valence-corrected chi connectivity index (χ0v) is 15.6. The van der Waals surface area contributed by atoms with E-state index < -0.39 is 8.80 Å². The first-order chi connectivity index (χ1) is 10.5. The molecule has 0 aliphatic heterocycles. The largest absolute Gasteiger partial charge is 0.500 e. The normalized spacial score (nSPS) is 11.5. The van der Waals surface area contributed by atoms with Crippen LogP contribution < -0.4 is 0 Å². The molecule has 22 heavy (non-hydrogen) atoms. The van der Waals surface area contributed by atoms with E-state index in [0.29, 0.717) is 32.0 Å². The number of hydrogen-bond donors (Lipinski definition) is 0. The van der Waals surface area contributed by atoms with Crippen LogP contribution >= 0.6 is 0 Å². The van der Waals surface area contributed by atoms with Crippen molar-refractivity contribution in [3.63, 3.8) is 0 Å². The van der Waals surface area contributed by atoms with E-state index in [4.69, 9.17) is 18.0 Å². The summed E-state index contributed by atoms with van der Waals surface area (Å²) in [6.45, 7) is 13.4. The van der Waals surface area contributed by atoms with Gasteiger partial charge in [-0.3, -0.25) is 0 Å². The molecule has 130 valence electrons. The smallest absolute Gasteiger partial charge is 0.462 e. The molecule has 0 saturated heterocycles. The molecule has 0 rings (SSSR count). The fourth-order valence-electron chi connectivity index (χ4n) is 2.09. The number of esters is 1. The lowest BCUT2D eigenvalue weighted by Gasteiger charge is -2.28. The third kappa shape index (κ3) is 9.35. The van der Waals surface area contributed by atoms with Crippen LogP contribution in [0.15, 0.2) is 12.2 Å². The Morgan fingerprint density at radius 3 is 1.86 bits per heavy atom. The van der Waals surface area contributed by atoms with Crippen molar-refractivity contribution >= 4 is 14.8 Å². The summed E-state index contributed by atoms with van der Waals surface area (Å²) in [7, 11) is -2.49. The maximum Gasteiger partial charge on any atom is 0.500 e. The predicted molar refractivity (Wildman–Crippen MR) is 89.7 cm³/mol. The van der Waals surface area contributed by atoms with Crippen molar-refractivity contribution in [2.45, 2.75) is 59.4 Å². The van der Waals surface area contributed by atoms with E-state index in [9.17, 15) is 4.79 Å². The van der Waals surface area contributed by atoms with Gasteiger partial charge in [0.15, 0.2) is 0 Å². The highest BCUT2D eigenvalue weighted by atomic mass is 28.4. The van der Waals surface area contributed by atoms with Crippen LogP contribution in [0.25, 0.3) is 0 Å². The molecule has 0 unspecified atom stereocenters. The molecule has 5 nitrogen and oxygen atoms in total. The van der Waals surface area contributed by atoms with E-state index >= 15 is 0 Å². The number of carbonyl (C=O) groups is 1. The fourth-order valence-corrected chi connectivity index (χ4v) is 4.77. The van der Waals surface area contributed by atoms with Gasteiger partial charge in [0.25, 0.3) is 0 Å². The van der Waals surface area contributed by atoms with E-state index in [1.165, 1.54) is 0 Å². The minimum absolute atomic E-state index is 0.310. The summed E-state index contributed by atoms with van der Waals surface area (Å²) >= 11 is 0. The van der Waals surface area contributed by atoms with Crippen molar-refractivity contribution < 1.29 is 22.8 Å². The molecule has 0 fully saturated rings. The van der Waals surface area contributed by atoms with Gasteiger partial charge in [0.1, 0.15) is 0 Å². The summed E-state index contributed by atoms with van der Waals surface area (Å²) in [6, 6.07) is 0.841. The Kier molecular flexibility index (Phi) is 12.4. The van der Waals surface area contributed by atoms with Gasteiger partial charge in [0, 0.05) is 31.4 Å².